The molecule has 2 aromatic rings. The molecular weight excluding hydrogens is 340 g/mol. The first-order valence-electron chi connectivity index (χ1n) is 9.19. The van der Waals surface area contributed by atoms with Crippen LogP contribution in [0.25, 0.3) is 9.95 Å². The summed E-state index contributed by atoms with van der Waals surface area (Å²) in [5.41, 5.74) is 3.26. The molecule has 7 nitrogen and oxygen atoms in total. The molecule has 0 atom stereocenters. The van der Waals surface area contributed by atoms with Crippen LogP contribution in [0.2, 0.25) is 0 Å². The maximum Gasteiger partial charge on any atom is 0.385 e. The Labute approximate surface area is 160 Å². The van der Waals surface area contributed by atoms with Gasteiger partial charge in [0.25, 0.3) is 0 Å². The van der Waals surface area contributed by atoms with E-state index in [2.05, 4.69) is 33.6 Å². The quantitative estimate of drug-likeness (QED) is 0.436. The fraction of sp³-hybridized carbons (Fsp3) is 0.400. The monoisotopic (exact) mass is 366 g/mol. The maximum absolute atomic E-state index is 8.77. The predicted octanol–water partition coefficient (Wildman–Crippen LogP) is 5.03. The molecule has 0 radical (unpaired) electrons. The van der Waals surface area contributed by atoms with Crippen molar-refractivity contribution in [1.29, 1.82) is 10.8 Å². The van der Waals surface area contributed by atoms with Gasteiger partial charge in [-0.05, 0) is 38.1 Å². The van der Waals surface area contributed by atoms with Crippen LogP contribution in [-0.4, -0.2) is 39.4 Å². The molecule has 0 spiro atoms. The highest BCUT2D eigenvalue weighted by Gasteiger charge is 2.10. The minimum absolute atomic E-state index is 0.548. The van der Waals surface area contributed by atoms with Crippen LogP contribution in [0.1, 0.15) is 13.8 Å². The Balaban J connectivity index is 1.77. The molecule has 27 heavy (non-hydrogen) atoms. The van der Waals surface area contributed by atoms with E-state index in [1.54, 1.807) is 24.3 Å². The highest BCUT2D eigenvalue weighted by molar-refractivity contribution is 5.56. The molecule has 0 unspecified atom stereocenters. The minimum atomic E-state index is 0.548. The molecule has 140 valence electrons. The van der Waals surface area contributed by atoms with Crippen LogP contribution in [0.3, 0.4) is 0 Å². The second-order valence-corrected chi connectivity index (χ2v) is 6.00. The van der Waals surface area contributed by atoms with Crippen molar-refractivity contribution in [3.05, 3.63) is 58.5 Å². The number of nitrogens with zero attached hydrogens (tertiary/aromatic N) is 6. The zero-order chi connectivity index (χ0) is 19.5. The van der Waals surface area contributed by atoms with Gasteiger partial charge in [-0.25, -0.2) is 0 Å². The number of ether oxygens (including phenoxy) is 1. The summed E-state index contributed by atoms with van der Waals surface area (Å²) < 4.78 is 5.83. The first-order chi connectivity index (χ1) is 13.2. The van der Waals surface area contributed by atoms with Crippen molar-refractivity contribution < 1.29 is 4.74 Å². The van der Waals surface area contributed by atoms with Gasteiger partial charge in [0, 0.05) is 61.8 Å². The molecule has 0 aliphatic rings. The molecule has 0 saturated heterocycles. The Morgan fingerprint density at radius 3 is 1.37 bits per heavy atom. The first-order valence-corrected chi connectivity index (χ1v) is 9.19. The van der Waals surface area contributed by atoms with Crippen molar-refractivity contribution in [2.45, 2.75) is 13.8 Å². The first kappa shape index (κ1) is 20.2. The van der Waals surface area contributed by atoms with E-state index >= 15 is 0 Å². The van der Waals surface area contributed by atoms with E-state index in [4.69, 9.17) is 15.5 Å². The number of rotatable bonds is 10. The fourth-order valence-corrected chi connectivity index (χ4v) is 2.85. The molecule has 2 aromatic carbocycles. The summed E-state index contributed by atoms with van der Waals surface area (Å²) in [6.07, 6.45) is 0. The van der Waals surface area contributed by atoms with Crippen LogP contribution in [0.4, 0.5) is 22.7 Å². The standard InChI is InChI=1S/C20H26N6O/c1-3-25(19-9-5-17(23-21)6-10-19)13-15-27-16-14-26(4-2)20-11-7-18(24-22)8-12-20/h5-12H,3-4,13-16H2,1-2H3/q+2. The van der Waals surface area contributed by atoms with Crippen molar-refractivity contribution in [1.82, 2.24) is 0 Å². The third-order valence-corrected chi connectivity index (χ3v) is 4.44. The number of hydrogen-bond acceptors (Lipinski definition) is 5. The zero-order valence-electron chi connectivity index (χ0n) is 16.0. The van der Waals surface area contributed by atoms with Crippen molar-refractivity contribution in [3.8, 4) is 0 Å². The number of benzene rings is 2. The third kappa shape index (κ3) is 5.95. The molecule has 0 N–H and O–H groups in total. The van der Waals surface area contributed by atoms with Crippen LogP contribution >= 0.6 is 0 Å². The van der Waals surface area contributed by atoms with Crippen molar-refractivity contribution in [2.75, 3.05) is 49.2 Å². The summed E-state index contributed by atoms with van der Waals surface area (Å²) >= 11 is 0. The Hall–Kier alpha value is -3.16. The molecule has 0 fully saturated rings. The summed E-state index contributed by atoms with van der Waals surface area (Å²) in [5, 5.41) is 17.5. The Bertz CT molecular complexity index is 709. The van der Waals surface area contributed by atoms with Crippen LogP contribution in [0, 0.1) is 10.8 Å². The lowest BCUT2D eigenvalue weighted by Gasteiger charge is -2.24. The second kappa shape index (κ2) is 10.7. The van der Waals surface area contributed by atoms with Gasteiger partial charge in [0.05, 0.1) is 13.2 Å². The maximum atomic E-state index is 8.77. The lowest BCUT2D eigenvalue weighted by molar-refractivity contribution is 0.146. The molecule has 0 amide bonds. The Morgan fingerprint density at radius 2 is 1.07 bits per heavy atom. The third-order valence-electron chi connectivity index (χ3n) is 4.44. The lowest BCUT2D eigenvalue weighted by atomic mass is 10.2. The molecule has 0 heterocycles. The van der Waals surface area contributed by atoms with E-state index in [0.717, 1.165) is 37.6 Å². The van der Waals surface area contributed by atoms with Gasteiger partial charge < -0.3 is 14.5 Å². The van der Waals surface area contributed by atoms with Crippen LogP contribution in [0.5, 0.6) is 0 Å². The summed E-state index contributed by atoms with van der Waals surface area (Å²) in [4.78, 5) is 10.8. The smallest absolute Gasteiger partial charge is 0.378 e. The number of diazo groups is 2. The van der Waals surface area contributed by atoms with Gasteiger partial charge in [0.15, 0.2) is 9.95 Å². The van der Waals surface area contributed by atoms with Crippen molar-refractivity contribution >= 4 is 22.7 Å². The molecule has 2 rings (SSSR count). The van der Waals surface area contributed by atoms with Crippen molar-refractivity contribution in [3.63, 3.8) is 0 Å². The van der Waals surface area contributed by atoms with Gasteiger partial charge in [-0.15, -0.1) is 0 Å². The average Bonchev–Trinajstić information content (AvgIpc) is 2.74. The molecule has 0 aliphatic heterocycles. The van der Waals surface area contributed by atoms with E-state index in [-0.39, 0.29) is 0 Å². The van der Waals surface area contributed by atoms with Crippen LogP contribution in [0.15, 0.2) is 48.5 Å². The van der Waals surface area contributed by atoms with Gasteiger partial charge >= 0.3 is 11.4 Å². The van der Waals surface area contributed by atoms with E-state index < -0.39 is 0 Å². The van der Waals surface area contributed by atoms with Gasteiger partial charge in [-0.3, -0.25) is 0 Å². The van der Waals surface area contributed by atoms with Crippen LogP contribution < -0.4 is 9.80 Å². The van der Waals surface area contributed by atoms with Gasteiger partial charge in [-0.2, -0.15) is 0 Å². The normalized spacial score (nSPS) is 10.1. The molecular formula is C20H26N6O+2. The number of likely N-dealkylation sites (N-methyl/N-ethyl adjacent to an activating group) is 2. The molecule has 0 aromatic heterocycles. The van der Waals surface area contributed by atoms with E-state index in [9.17, 15) is 0 Å². The molecule has 0 aliphatic carbocycles. The van der Waals surface area contributed by atoms with Gasteiger partial charge in [-0.1, -0.05) is 0 Å². The number of anilines is 2. The van der Waals surface area contributed by atoms with E-state index in [1.807, 2.05) is 24.3 Å². The van der Waals surface area contributed by atoms with E-state index in [1.165, 1.54) is 0 Å². The SMILES string of the molecule is CCN(CCOCCN(CC)c1ccc([N+]#N)cc1)c1ccc([N+]#N)cc1. The van der Waals surface area contributed by atoms with E-state index in [0.29, 0.717) is 24.6 Å². The summed E-state index contributed by atoms with van der Waals surface area (Å²) in [5.74, 6) is 0. The lowest BCUT2D eigenvalue weighted by Crippen LogP contribution is -2.30. The highest BCUT2D eigenvalue weighted by Crippen LogP contribution is 2.20. The number of hydrogen-bond donors (Lipinski definition) is 0. The summed E-state index contributed by atoms with van der Waals surface area (Å²) in [6.45, 7) is 8.83. The van der Waals surface area contributed by atoms with Crippen LogP contribution in [-0.2, 0) is 4.74 Å². The predicted molar refractivity (Wildman–Crippen MR) is 109 cm³/mol. The van der Waals surface area contributed by atoms with Gasteiger partial charge in [0.1, 0.15) is 0 Å². The summed E-state index contributed by atoms with van der Waals surface area (Å²) in [6, 6.07) is 14.9. The topological polar surface area (TPSA) is 72.0 Å². The zero-order valence-corrected chi connectivity index (χ0v) is 16.0. The second-order valence-electron chi connectivity index (χ2n) is 6.00. The Kier molecular flexibility index (Phi) is 8.02. The van der Waals surface area contributed by atoms with Gasteiger partial charge in [0.2, 0.25) is 10.8 Å². The van der Waals surface area contributed by atoms with Crippen molar-refractivity contribution in [2.24, 2.45) is 0 Å². The Morgan fingerprint density at radius 1 is 0.704 bits per heavy atom. The molecule has 0 saturated carbocycles. The fourth-order valence-electron chi connectivity index (χ4n) is 2.85. The average molecular weight is 366 g/mol. The minimum Gasteiger partial charge on any atom is -0.378 e. The highest BCUT2D eigenvalue weighted by atomic mass is 16.5. The molecule has 0 bridgehead atoms. The largest absolute Gasteiger partial charge is 0.385 e. The molecule has 7 heteroatoms. The summed E-state index contributed by atoms with van der Waals surface area (Å²) in [7, 11) is 0.